The Morgan fingerprint density at radius 1 is 1.11 bits per heavy atom. The second kappa shape index (κ2) is 6.03. The Kier molecular flexibility index (Phi) is 4.39. The SMILES string of the molecule is CC1CCC(Nc2ccc(OC(F)F)cc2)CC1. The molecule has 1 N–H and O–H groups in total. The molecule has 0 heterocycles. The predicted octanol–water partition coefficient (Wildman–Crippen LogP) is 4.28. The maximum absolute atomic E-state index is 12.0. The molecule has 0 amide bonds. The topological polar surface area (TPSA) is 21.3 Å². The van der Waals surface area contributed by atoms with Crippen molar-refractivity contribution < 1.29 is 13.5 Å². The third kappa shape index (κ3) is 3.86. The van der Waals surface area contributed by atoms with Gasteiger partial charge in [-0.1, -0.05) is 6.92 Å². The molecule has 0 unspecified atom stereocenters. The Morgan fingerprint density at radius 3 is 2.28 bits per heavy atom. The van der Waals surface area contributed by atoms with E-state index in [1.165, 1.54) is 25.7 Å². The van der Waals surface area contributed by atoms with Crippen LogP contribution in [0.15, 0.2) is 24.3 Å². The molecule has 1 fully saturated rings. The molecule has 4 heteroatoms. The molecule has 0 aliphatic heterocycles. The Balaban J connectivity index is 1.86. The average molecular weight is 255 g/mol. The average Bonchev–Trinajstić information content (AvgIpc) is 2.34. The van der Waals surface area contributed by atoms with Gasteiger partial charge in [0.1, 0.15) is 5.75 Å². The second-order valence-corrected chi connectivity index (χ2v) is 5.00. The summed E-state index contributed by atoms with van der Waals surface area (Å²) in [6.45, 7) is -0.476. The van der Waals surface area contributed by atoms with Crippen LogP contribution in [0, 0.1) is 5.92 Å². The molecule has 1 aromatic rings. The van der Waals surface area contributed by atoms with Gasteiger partial charge in [0.2, 0.25) is 0 Å². The Morgan fingerprint density at radius 2 is 1.72 bits per heavy atom. The van der Waals surface area contributed by atoms with E-state index >= 15 is 0 Å². The molecule has 1 aromatic carbocycles. The van der Waals surface area contributed by atoms with E-state index in [9.17, 15) is 8.78 Å². The fourth-order valence-corrected chi connectivity index (χ4v) is 2.37. The van der Waals surface area contributed by atoms with E-state index in [0.29, 0.717) is 6.04 Å². The highest BCUT2D eigenvalue weighted by atomic mass is 19.3. The summed E-state index contributed by atoms with van der Waals surface area (Å²) >= 11 is 0. The zero-order chi connectivity index (χ0) is 13.0. The Labute approximate surface area is 106 Å². The van der Waals surface area contributed by atoms with Gasteiger partial charge in [-0.3, -0.25) is 0 Å². The van der Waals surface area contributed by atoms with Crippen LogP contribution < -0.4 is 10.1 Å². The van der Waals surface area contributed by atoms with Crippen molar-refractivity contribution in [2.75, 3.05) is 5.32 Å². The molecule has 0 atom stereocenters. The van der Waals surface area contributed by atoms with E-state index in [4.69, 9.17) is 0 Å². The van der Waals surface area contributed by atoms with E-state index in [1.54, 1.807) is 24.3 Å². The summed E-state index contributed by atoms with van der Waals surface area (Å²) in [4.78, 5) is 0. The summed E-state index contributed by atoms with van der Waals surface area (Å²) < 4.78 is 28.3. The van der Waals surface area contributed by atoms with Gasteiger partial charge in [0.15, 0.2) is 0 Å². The molecule has 1 aliphatic carbocycles. The van der Waals surface area contributed by atoms with Gasteiger partial charge in [0.25, 0.3) is 0 Å². The fraction of sp³-hybridized carbons (Fsp3) is 0.571. The van der Waals surface area contributed by atoms with Crippen LogP contribution in [0.25, 0.3) is 0 Å². The minimum atomic E-state index is -2.76. The van der Waals surface area contributed by atoms with Crippen molar-refractivity contribution in [2.24, 2.45) is 5.92 Å². The zero-order valence-corrected chi connectivity index (χ0v) is 10.5. The largest absolute Gasteiger partial charge is 0.435 e. The number of hydrogen-bond donors (Lipinski definition) is 1. The number of rotatable bonds is 4. The van der Waals surface area contributed by atoms with Crippen molar-refractivity contribution >= 4 is 5.69 Å². The first kappa shape index (κ1) is 13.1. The molecule has 0 bridgehead atoms. The Hall–Kier alpha value is -1.32. The van der Waals surface area contributed by atoms with Gasteiger partial charge >= 0.3 is 6.61 Å². The van der Waals surface area contributed by atoms with Crippen LogP contribution in [0.5, 0.6) is 5.75 Å². The molecule has 0 spiro atoms. The third-order valence-corrected chi connectivity index (χ3v) is 3.47. The minimum Gasteiger partial charge on any atom is -0.435 e. The number of halogens is 2. The van der Waals surface area contributed by atoms with Gasteiger partial charge in [0, 0.05) is 11.7 Å². The number of hydrogen-bond acceptors (Lipinski definition) is 2. The summed E-state index contributed by atoms with van der Waals surface area (Å²) in [6, 6.07) is 7.22. The molecule has 1 aliphatic rings. The van der Waals surface area contributed by atoms with Gasteiger partial charge in [-0.15, -0.1) is 0 Å². The van der Waals surface area contributed by atoms with Gasteiger partial charge in [-0.05, 0) is 55.9 Å². The molecular weight excluding hydrogens is 236 g/mol. The van der Waals surface area contributed by atoms with Crippen LogP contribution in [-0.2, 0) is 0 Å². The predicted molar refractivity (Wildman–Crippen MR) is 68.1 cm³/mol. The zero-order valence-electron chi connectivity index (χ0n) is 10.5. The molecule has 2 nitrogen and oxygen atoms in total. The van der Waals surface area contributed by atoms with Gasteiger partial charge in [-0.25, -0.2) is 0 Å². The lowest BCUT2D eigenvalue weighted by molar-refractivity contribution is -0.0498. The maximum atomic E-state index is 12.0. The highest BCUT2D eigenvalue weighted by Gasteiger charge is 2.17. The third-order valence-electron chi connectivity index (χ3n) is 3.47. The van der Waals surface area contributed by atoms with Gasteiger partial charge in [-0.2, -0.15) is 8.78 Å². The van der Waals surface area contributed by atoms with E-state index in [1.807, 2.05) is 0 Å². The Bertz CT molecular complexity index is 359. The van der Waals surface area contributed by atoms with Crippen molar-refractivity contribution in [2.45, 2.75) is 45.3 Å². The summed E-state index contributed by atoms with van der Waals surface area (Å²) in [5.74, 6) is 1.03. The number of alkyl halides is 2. The number of benzene rings is 1. The van der Waals surface area contributed by atoms with Gasteiger partial charge in [0.05, 0.1) is 0 Å². The summed E-state index contributed by atoms with van der Waals surface area (Å²) in [7, 11) is 0. The van der Waals surface area contributed by atoms with Crippen LogP contribution in [0.2, 0.25) is 0 Å². The molecule has 18 heavy (non-hydrogen) atoms. The fourth-order valence-electron chi connectivity index (χ4n) is 2.37. The summed E-state index contributed by atoms with van der Waals surface area (Å²) in [5.41, 5.74) is 0.969. The molecular formula is C14H19F2NO. The molecule has 0 saturated heterocycles. The lowest BCUT2D eigenvalue weighted by atomic mass is 9.87. The van der Waals surface area contributed by atoms with Crippen molar-refractivity contribution in [3.8, 4) is 5.75 Å². The second-order valence-electron chi connectivity index (χ2n) is 5.00. The molecule has 1 saturated carbocycles. The van der Waals surface area contributed by atoms with Crippen LogP contribution in [0.3, 0.4) is 0 Å². The van der Waals surface area contributed by atoms with Crippen LogP contribution in [0.1, 0.15) is 32.6 Å². The summed E-state index contributed by atoms with van der Waals surface area (Å²) in [6.07, 6.45) is 4.86. The minimum absolute atomic E-state index is 0.202. The number of ether oxygens (including phenoxy) is 1. The van der Waals surface area contributed by atoms with Crippen molar-refractivity contribution in [1.82, 2.24) is 0 Å². The highest BCUT2D eigenvalue weighted by Crippen LogP contribution is 2.26. The molecule has 0 aromatic heterocycles. The van der Waals surface area contributed by atoms with Crippen LogP contribution in [-0.4, -0.2) is 12.7 Å². The first-order chi connectivity index (χ1) is 8.63. The lowest BCUT2D eigenvalue weighted by Gasteiger charge is -2.27. The first-order valence-electron chi connectivity index (χ1n) is 6.45. The molecule has 0 radical (unpaired) electrons. The molecule has 100 valence electrons. The van der Waals surface area contributed by atoms with E-state index in [0.717, 1.165) is 11.6 Å². The normalized spacial score (nSPS) is 24.0. The number of anilines is 1. The summed E-state index contributed by atoms with van der Waals surface area (Å²) in [5, 5.41) is 3.44. The van der Waals surface area contributed by atoms with Crippen molar-refractivity contribution in [3.05, 3.63) is 24.3 Å². The monoisotopic (exact) mass is 255 g/mol. The number of nitrogens with one attached hydrogen (secondary N) is 1. The highest BCUT2D eigenvalue weighted by molar-refractivity contribution is 5.47. The maximum Gasteiger partial charge on any atom is 0.387 e. The van der Waals surface area contributed by atoms with Crippen LogP contribution in [0.4, 0.5) is 14.5 Å². The lowest BCUT2D eigenvalue weighted by Crippen LogP contribution is -2.25. The van der Waals surface area contributed by atoms with E-state index < -0.39 is 6.61 Å². The van der Waals surface area contributed by atoms with E-state index in [2.05, 4.69) is 17.0 Å². The van der Waals surface area contributed by atoms with Crippen LogP contribution >= 0.6 is 0 Å². The van der Waals surface area contributed by atoms with E-state index in [-0.39, 0.29) is 5.75 Å². The molecule has 2 rings (SSSR count). The smallest absolute Gasteiger partial charge is 0.387 e. The quantitative estimate of drug-likeness (QED) is 0.867. The standard InChI is InChI=1S/C14H19F2NO/c1-10-2-4-11(5-3-10)17-12-6-8-13(9-7-12)18-14(15)16/h6-11,14,17H,2-5H2,1H3. The van der Waals surface area contributed by atoms with Crippen molar-refractivity contribution in [3.63, 3.8) is 0 Å². The van der Waals surface area contributed by atoms with Crippen molar-refractivity contribution in [1.29, 1.82) is 0 Å². The first-order valence-corrected chi connectivity index (χ1v) is 6.45. The van der Waals surface area contributed by atoms with Gasteiger partial charge < -0.3 is 10.1 Å².